The van der Waals surface area contributed by atoms with Crippen molar-refractivity contribution in [2.75, 3.05) is 13.2 Å². The van der Waals surface area contributed by atoms with E-state index in [1.807, 2.05) is 25.1 Å². The first-order valence-corrected chi connectivity index (χ1v) is 7.45. The highest BCUT2D eigenvalue weighted by atomic mass is 16.6. The molecule has 21 heavy (non-hydrogen) atoms. The van der Waals surface area contributed by atoms with Crippen LogP contribution in [-0.2, 0) is 4.79 Å². The van der Waals surface area contributed by atoms with Crippen LogP contribution in [0.5, 0.6) is 11.5 Å². The molecule has 0 aliphatic carbocycles. The molecule has 1 N–H and O–H groups in total. The largest absolute Gasteiger partial charge is 0.482 e. The number of amides is 1. The van der Waals surface area contributed by atoms with E-state index >= 15 is 0 Å². The number of carbonyl (C=O) groups excluding carboxylic acids is 1. The van der Waals surface area contributed by atoms with E-state index in [4.69, 9.17) is 9.47 Å². The lowest BCUT2D eigenvalue weighted by Gasteiger charge is -2.35. The summed E-state index contributed by atoms with van der Waals surface area (Å²) in [4.78, 5) is 14.5. The van der Waals surface area contributed by atoms with Crippen LogP contribution in [-0.4, -0.2) is 47.3 Å². The van der Waals surface area contributed by atoms with Crippen LogP contribution in [0.3, 0.4) is 0 Å². The summed E-state index contributed by atoms with van der Waals surface area (Å²) >= 11 is 0. The Kier molecular flexibility index (Phi) is 3.76. The lowest BCUT2D eigenvalue weighted by atomic mass is 10.0. The van der Waals surface area contributed by atoms with Crippen LogP contribution in [0, 0.1) is 5.92 Å². The normalized spacial score (nSPS) is 31.3. The summed E-state index contributed by atoms with van der Waals surface area (Å²) in [5.74, 6) is 1.48. The molecule has 0 radical (unpaired) electrons. The Morgan fingerprint density at radius 3 is 2.62 bits per heavy atom. The summed E-state index contributed by atoms with van der Waals surface area (Å²) < 4.78 is 11.6. The minimum Gasteiger partial charge on any atom is -0.482 e. The van der Waals surface area contributed by atoms with Crippen molar-refractivity contribution in [3.8, 4) is 11.5 Å². The molecular formula is C16H21NO4. The van der Waals surface area contributed by atoms with E-state index in [0.29, 0.717) is 24.0 Å². The molecule has 5 nitrogen and oxygen atoms in total. The van der Waals surface area contributed by atoms with Gasteiger partial charge in [-0.05, 0) is 31.4 Å². The molecule has 2 aliphatic rings. The number of hydrogen-bond acceptors (Lipinski definition) is 4. The molecule has 0 aromatic heterocycles. The average Bonchev–Trinajstić information content (AvgIpc) is 2.86. The quantitative estimate of drug-likeness (QED) is 0.896. The number of carbonyl (C=O) groups is 1. The molecule has 1 aromatic rings. The second-order valence-electron chi connectivity index (χ2n) is 5.86. The van der Waals surface area contributed by atoms with Crippen LogP contribution >= 0.6 is 0 Å². The number of rotatable bonds is 2. The van der Waals surface area contributed by atoms with Crippen molar-refractivity contribution in [1.82, 2.24) is 4.90 Å². The highest BCUT2D eigenvalue weighted by Gasteiger charge is 2.42. The maximum absolute atomic E-state index is 12.7. The monoisotopic (exact) mass is 291 g/mol. The van der Waals surface area contributed by atoms with E-state index in [9.17, 15) is 9.90 Å². The Balaban J connectivity index is 1.79. The number of fused-ring (bicyclic) bond motifs is 1. The van der Waals surface area contributed by atoms with Gasteiger partial charge in [0, 0.05) is 6.54 Å². The fourth-order valence-electron chi connectivity index (χ4n) is 3.11. The summed E-state index contributed by atoms with van der Waals surface area (Å²) in [5.41, 5.74) is 0. The Morgan fingerprint density at radius 2 is 1.95 bits per heavy atom. The average molecular weight is 291 g/mol. The maximum Gasteiger partial charge on any atom is 0.267 e. The summed E-state index contributed by atoms with van der Waals surface area (Å²) in [6, 6.07) is 7.25. The van der Waals surface area contributed by atoms with Crippen molar-refractivity contribution in [1.29, 1.82) is 0 Å². The molecule has 1 amide bonds. The number of aliphatic hydroxyl groups is 1. The zero-order chi connectivity index (χ0) is 15.0. The van der Waals surface area contributed by atoms with Gasteiger partial charge in [0.1, 0.15) is 6.10 Å². The predicted molar refractivity (Wildman–Crippen MR) is 77.3 cm³/mol. The van der Waals surface area contributed by atoms with E-state index in [2.05, 4.69) is 6.92 Å². The third-order valence-electron chi connectivity index (χ3n) is 4.44. The second kappa shape index (κ2) is 5.56. The van der Waals surface area contributed by atoms with Crippen LogP contribution in [0.4, 0.5) is 0 Å². The van der Waals surface area contributed by atoms with Crippen molar-refractivity contribution in [2.24, 2.45) is 5.92 Å². The molecule has 1 aromatic carbocycles. The summed E-state index contributed by atoms with van der Waals surface area (Å²) in [7, 11) is 0. The minimum absolute atomic E-state index is 0.00848. The van der Waals surface area contributed by atoms with Gasteiger partial charge < -0.3 is 19.5 Å². The molecule has 2 heterocycles. The second-order valence-corrected chi connectivity index (χ2v) is 5.86. The number of nitrogens with zero attached hydrogens (tertiary/aromatic N) is 1. The first-order valence-electron chi connectivity index (χ1n) is 7.45. The zero-order valence-corrected chi connectivity index (χ0v) is 12.4. The van der Waals surface area contributed by atoms with Crippen LogP contribution in [0.15, 0.2) is 24.3 Å². The summed E-state index contributed by atoms with van der Waals surface area (Å²) in [6.45, 7) is 4.56. The third-order valence-corrected chi connectivity index (χ3v) is 4.44. The van der Waals surface area contributed by atoms with Crippen LogP contribution in [0.1, 0.15) is 20.3 Å². The van der Waals surface area contributed by atoms with Crippen LogP contribution < -0.4 is 9.47 Å². The molecule has 3 rings (SSSR count). The first kappa shape index (κ1) is 14.2. The lowest BCUT2D eigenvalue weighted by molar-refractivity contribution is -0.146. The number of aliphatic hydroxyl groups excluding tert-OH is 1. The molecule has 0 bridgehead atoms. The number of ether oxygens (including phenoxy) is 2. The third kappa shape index (κ3) is 2.46. The van der Waals surface area contributed by atoms with Crippen molar-refractivity contribution in [3.63, 3.8) is 0 Å². The molecule has 0 saturated carbocycles. The molecule has 1 fully saturated rings. The van der Waals surface area contributed by atoms with Crippen molar-refractivity contribution < 1.29 is 19.4 Å². The molecule has 114 valence electrons. The van der Waals surface area contributed by atoms with Crippen molar-refractivity contribution in [2.45, 2.75) is 38.5 Å². The van der Waals surface area contributed by atoms with Gasteiger partial charge in [-0.1, -0.05) is 19.1 Å². The maximum atomic E-state index is 12.7. The van der Waals surface area contributed by atoms with E-state index in [0.717, 1.165) is 6.42 Å². The Bertz CT molecular complexity index is 533. The van der Waals surface area contributed by atoms with Crippen LogP contribution in [0.2, 0.25) is 0 Å². The molecule has 2 aliphatic heterocycles. The Labute approximate surface area is 124 Å². The van der Waals surface area contributed by atoms with Gasteiger partial charge in [-0.15, -0.1) is 0 Å². The van der Waals surface area contributed by atoms with E-state index < -0.39 is 6.10 Å². The number of benzene rings is 1. The SMILES string of the molecule is CC1CCN(C(=O)C2Oc3ccccc3OC2C)C1CO. The highest BCUT2D eigenvalue weighted by Crippen LogP contribution is 2.35. The van der Waals surface area contributed by atoms with Gasteiger partial charge >= 0.3 is 0 Å². The van der Waals surface area contributed by atoms with Gasteiger partial charge in [0.2, 0.25) is 6.10 Å². The molecular weight excluding hydrogens is 270 g/mol. The van der Waals surface area contributed by atoms with Gasteiger partial charge in [-0.3, -0.25) is 4.79 Å². The van der Waals surface area contributed by atoms with Gasteiger partial charge in [-0.2, -0.15) is 0 Å². The number of hydrogen-bond donors (Lipinski definition) is 1. The molecule has 0 spiro atoms. The Hall–Kier alpha value is -1.75. The van der Waals surface area contributed by atoms with Gasteiger partial charge in [0.15, 0.2) is 11.5 Å². The van der Waals surface area contributed by atoms with Gasteiger partial charge in [0.25, 0.3) is 5.91 Å². The fraction of sp³-hybridized carbons (Fsp3) is 0.562. The van der Waals surface area contributed by atoms with Crippen LogP contribution in [0.25, 0.3) is 0 Å². The Morgan fingerprint density at radius 1 is 1.29 bits per heavy atom. The molecule has 5 heteroatoms. The first-order chi connectivity index (χ1) is 10.1. The summed E-state index contributed by atoms with van der Waals surface area (Å²) in [6.07, 6.45) is -0.0860. The van der Waals surface area contributed by atoms with E-state index in [1.165, 1.54) is 0 Å². The topological polar surface area (TPSA) is 59.0 Å². The van der Waals surface area contributed by atoms with Gasteiger partial charge in [-0.25, -0.2) is 0 Å². The van der Waals surface area contributed by atoms with Crippen molar-refractivity contribution in [3.05, 3.63) is 24.3 Å². The van der Waals surface area contributed by atoms with E-state index in [1.54, 1.807) is 11.0 Å². The zero-order valence-electron chi connectivity index (χ0n) is 12.4. The number of para-hydroxylation sites is 2. The highest BCUT2D eigenvalue weighted by molar-refractivity contribution is 5.83. The summed E-state index contributed by atoms with van der Waals surface area (Å²) in [5, 5.41) is 9.51. The molecule has 4 unspecified atom stereocenters. The smallest absolute Gasteiger partial charge is 0.267 e. The van der Waals surface area contributed by atoms with E-state index in [-0.39, 0.29) is 24.7 Å². The predicted octanol–water partition coefficient (Wildman–Crippen LogP) is 1.44. The van der Waals surface area contributed by atoms with Crippen molar-refractivity contribution >= 4 is 5.91 Å². The standard InChI is InChI=1S/C16H21NO4/c1-10-7-8-17(12(10)9-18)16(19)15-11(2)20-13-5-3-4-6-14(13)21-15/h3-6,10-12,15,18H,7-9H2,1-2H3. The molecule has 4 atom stereocenters. The lowest BCUT2D eigenvalue weighted by Crippen LogP contribution is -2.53. The number of likely N-dealkylation sites (tertiary alicyclic amines) is 1. The molecule has 1 saturated heterocycles. The minimum atomic E-state index is -0.653. The van der Waals surface area contributed by atoms with Gasteiger partial charge in [0.05, 0.1) is 12.6 Å². The fourth-order valence-corrected chi connectivity index (χ4v) is 3.11.